The zero-order valence-corrected chi connectivity index (χ0v) is 13.8. The van der Waals surface area contributed by atoms with Gasteiger partial charge in [0, 0.05) is 16.5 Å². The van der Waals surface area contributed by atoms with E-state index in [1.54, 1.807) is 30.5 Å². The van der Waals surface area contributed by atoms with Crippen molar-refractivity contribution in [3.05, 3.63) is 70.4 Å². The van der Waals surface area contributed by atoms with E-state index in [1.807, 2.05) is 25.1 Å². The van der Waals surface area contributed by atoms with Crippen LogP contribution in [0, 0.1) is 6.92 Å². The third-order valence-electron chi connectivity index (χ3n) is 3.68. The number of ether oxygens (including phenoxy) is 1. The van der Waals surface area contributed by atoms with Crippen molar-refractivity contribution in [3.63, 3.8) is 0 Å². The molecule has 1 aromatic heterocycles. The van der Waals surface area contributed by atoms with Gasteiger partial charge >= 0.3 is 5.97 Å². The average Bonchev–Trinajstić information content (AvgIpc) is 2.95. The molecule has 0 unspecified atom stereocenters. The van der Waals surface area contributed by atoms with Crippen LogP contribution in [0.2, 0.25) is 5.02 Å². The lowest BCUT2D eigenvalue weighted by atomic mass is 10.1. The number of furan rings is 1. The van der Waals surface area contributed by atoms with Crippen LogP contribution in [-0.4, -0.2) is 18.4 Å². The summed E-state index contributed by atoms with van der Waals surface area (Å²) in [6.45, 7) is 1.63. The van der Waals surface area contributed by atoms with Crippen molar-refractivity contribution in [2.45, 2.75) is 13.3 Å². The first-order valence-electron chi connectivity index (χ1n) is 7.44. The molecule has 0 bridgehead atoms. The zero-order chi connectivity index (χ0) is 17.1. The number of hydrogen-bond acceptors (Lipinski definition) is 4. The average molecular weight is 343 g/mol. The van der Waals surface area contributed by atoms with Gasteiger partial charge in [0.25, 0.3) is 0 Å². The molecule has 4 nitrogen and oxygen atoms in total. The summed E-state index contributed by atoms with van der Waals surface area (Å²) in [5, 5.41) is 1.21. The molecule has 24 heavy (non-hydrogen) atoms. The van der Waals surface area contributed by atoms with Crippen molar-refractivity contribution in [2.75, 3.05) is 6.61 Å². The maximum absolute atomic E-state index is 12.0. The van der Waals surface area contributed by atoms with Crippen molar-refractivity contribution in [2.24, 2.45) is 0 Å². The summed E-state index contributed by atoms with van der Waals surface area (Å²) in [5.41, 5.74) is 2.89. The summed E-state index contributed by atoms with van der Waals surface area (Å²) in [4.78, 5) is 24.0. The van der Waals surface area contributed by atoms with E-state index < -0.39 is 5.97 Å². The molecule has 3 rings (SSSR count). The van der Waals surface area contributed by atoms with Gasteiger partial charge in [0.15, 0.2) is 6.61 Å². The highest BCUT2D eigenvalue weighted by Crippen LogP contribution is 2.23. The number of Topliss-reactive ketones (excluding diaryl/α,β-unsaturated/α-hetero) is 1. The van der Waals surface area contributed by atoms with Gasteiger partial charge in [-0.2, -0.15) is 0 Å². The van der Waals surface area contributed by atoms with Crippen LogP contribution in [0.15, 0.2) is 53.1 Å². The molecule has 0 N–H and O–H groups in total. The quantitative estimate of drug-likeness (QED) is 0.510. The summed E-state index contributed by atoms with van der Waals surface area (Å²) in [7, 11) is 0. The Balaban J connectivity index is 1.63. The Morgan fingerprint density at radius 3 is 2.75 bits per heavy atom. The molecular weight excluding hydrogens is 328 g/mol. The first kappa shape index (κ1) is 16.3. The number of carbonyl (C=O) groups excluding carboxylic acids is 2. The molecule has 1 heterocycles. The molecule has 5 heteroatoms. The van der Waals surface area contributed by atoms with Crippen LogP contribution in [0.25, 0.3) is 11.0 Å². The lowest BCUT2D eigenvalue weighted by Crippen LogP contribution is -2.15. The highest BCUT2D eigenvalue weighted by molar-refractivity contribution is 6.34. The minimum Gasteiger partial charge on any atom is -0.464 e. The third kappa shape index (κ3) is 3.49. The summed E-state index contributed by atoms with van der Waals surface area (Å²) in [5.74, 6) is -0.819. The predicted octanol–water partition coefficient (Wildman–Crippen LogP) is 4.36. The second-order valence-electron chi connectivity index (χ2n) is 5.50. The number of esters is 1. The highest BCUT2D eigenvalue weighted by Gasteiger charge is 2.15. The molecule has 0 atom stereocenters. The van der Waals surface area contributed by atoms with Crippen molar-refractivity contribution in [3.8, 4) is 0 Å². The lowest BCUT2D eigenvalue weighted by molar-refractivity contribution is -0.141. The largest absolute Gasteiger partial charge is 0.464 e. The van der Waals surface area contributed by atoms with E-state index in [0.717, 1.165) is 22.1 Å². The van der Waals surface area contributed by atoms with Gasteiger partial charge in [-0.3, -0.25) is 9.59 Å². The Hall–Kier alpha value is -2.59. The van der Waals surface area contributed by atoms with Gasteiger partial charge in [0.2, 0.25) is 5.78 Å². The van der Waals surface area contributed by atoms with E-state index in [1.165, 1.54) is 0 Å². The van der Waals surface area contributed by atoms with Gasteiger partial charge in [-0.1, -0.05) is 35.9 Å². The fourth-order valence-corrected chi connectivity index (χ4v) is 2.69. The SMILES string of the molecule is Cc1ccc2c(CC(=O)OCC(=O)c3ccccc3Cl)coc2c1. The number of carbonyl (C=O) groups is 2. The molecule has 0 aliphatic rings. The topological polar surface area (TPSA) is 56.5 Å². The second-order valence-corrected chi connectivity index (χ2v) is 5.91. The monoisotopic (exact) mass is 342 g/mol. The Morgan fingerprint density at radius 1 is 1.17 bits per heavy atom. The minimum atomic E-state index is -0.487. The number of ketones is 1. The van der Waals surface area contributed by atoms with Crippen LogP contribution in [0.3, 0.4) is 0 Å². The van der Waals surface area contributed by atoms with Crippen LogP contribution < -0.4 is 0 Å². The van der Waals surface area contributed by atoms with Crippen molar-refractivity contribution in [1.29, 1.82) is 0 Å². The Kier molecular flexibility index (Phi) is 4.67. The fourth-order valence-electron chi connectivity index (χ4n) is 2.45. The van der Waals surface area contributed by atoms with E-state index in [9.17, 15) is 9.59 Å². The molecule has 122 valence electrons. The van der Waals surface area contributed by atoms with Crippen molar-refractivity contribution in [1.82, 2.24) is 0 Å². The Morgan fingerprint density at radius 2 is 1.96 bits per heavy atom. The first-order valence-corrected chi connectivity index (χ1v) is 7.82. The molecule has 0 aliphatic heterocycles. The van der Waals surface area contributed by atoms with Gasteiger partial charge < -0.3 is 9.15 Å². The summed E-state index contributed by atoms with van der Waals surface area (Å²) in [6, 6.07) is 12.4. The first-order chi connectivity index (χ1) is 11.5. The molecule has 0 aliphatic carbocycles. The van der Waals surface area contributed by atoms with Crippen molar-refractivity contribution < 1.29 is 18.7 Å². The molecule has 0 fully saturated rings. The number of fused-ring (bicyclic) bond motifs is 1. The van der Waals surface area contributed by atoms with Gasteiger partial charge in [-0.15, -0.1) is 0 Å². The van der Waals surface area contributed by atoms with Crippen LogP contribution >= 0.6 is 11.6 Å². The normalized spacial score (nSPS) is 10.8. The molecule has 0 saturated heterocycles. The number of aryl methyl sites for hydroxylation is 1. The van der Waals surface area contributed by atoms with Gasteiger partial charge in [-0.05, 0) is 30.7 Å². The van der Waals surface area contributed by atoms with E-state index >= 15 is 0 Å². The summed E-state index contributed by atoms with van der Waals surface area (Å²) >= 11 is 5.95. The number of rotatable bonds is 5. The van der Waals surface area contributed by atoms with Crippen LogP contribution in [0.5, 0.6) is 0 Å². The highest BCUT2D eigenvalue weighted by atomic mass is 35.5. The minimum absolute atomic E-state index is 0.0475. The van der Waals surface area contributed by atoms with E-state index in [2.05, 4.69) is 0 Å². The van der Waals surface area contributed by atoms with Crippen LogP contribution in [-0.2, 0) is 16.0 Å². The van der Waals surface area contributed by atoms with Gasteiger partial charge in [0.1, 0.15) is 5.58 Å². The summed E-state index contributed by atoms with van der Waals surface area (Å²) < 4.78 is 10.5. The summed E-state index contributed by atoms with van der Waals surface area (Å²) in [6.07, 6.45) is 1.59. The molecule has 0 spiro atoms. The maximum Gasteiger partial charge on any atom is 0.310 e. The number of halogens is 1. The number of hydrogen-bond donors (Lipinski definition) is 0. The third-order valence-corrected chi connectivity index (χ3v) is 4.01. The smallest absolute Gasteiger partial charge is 0.310 e. The predicted molar refractivity (Wildman–Crippen MR) is 91.4 cm³/mol. The molecule has 3 aromatic rings. The standard InChI is InChI=1S/C19H15ClO4/c1-12-6-7-14-13(10-23-18(14)8-12)9-19(22)24-11-17(21)15-4-2-3-5-16(15)20/h2-8,10H,9,11H2,1H3. The van der Waals surface area contributed by atoms with Crippen LogP contribution in [0.4, 0.5) is 0 Å². The van der Waals surface area contributed by atoms with Crippen molar-refractivity contribution >= 4 is 34.3 Å². The van der Waals surface area contributed by atoms with E-state index in [-0.39, 0.29) is 18.8 Å². The van der Waals surface area contributed by atoms with E-state index in [4.69, 9.17) is 20.8 Å². The van der Waals surface area contributed by atoms with Gasteiger partial charge in [-0.25, -0.2) is 0 Å². The van der Waals surface area contributed by atoms with Gasteiger partial charge in [0.05, 0.1) is 17.7 Å². The molecule has 0 saturated carbocycles. The molecule has 0 radical (unpaired) electrons. The maximum atomic E-state index is 12.0. The Labute approximate surface area is 144 Å². The molecule has 2 aromatic carbocycles. The fraction of sp³-hybridized carbons (Fsp3) is 0.158. The Bertz CT molecular complexity index is 911. The second kappa shape index (κ2) is 6.89. The van der Waals surface area contributed by atoms with E-state index in [0.29, 0.717) is 10.6 Å². The van der Waals surface area contributed by atoms with Crippen LogP contribution in [0.1, 0.15) is 21.5 Å². The lowest BCUT2D eigenvalue weighted by Gasteiger charge is -2.05. The number of benzene rings is 2. The molecule has 0 amide bonds. The zero-order valence-electron chi connectivity index (χ0n) is 13.0. The molecular formula is C19H15ClO4.